The van der Waals surface area contributed by atoms with Crippen LogP contribution in [0.4, 0.5) is 0 Å². The minimum Gasteiger partial charge on any atom is -0.479 e. The van der Waals surface area contributed by atoms with E-state index in [1.165, 1.54) is 11.6 Å². The smallest absolute Gasteiger partial charge is 0.340 e. The van der Waals surface area contributed by atoms with Gasteiger partial charge in [-0.15, -0.1) is 5.73 Å². The molecule has 0 aromatic rings. The van der Waals surface area contributed by atoms with Crippen molar-refractivity contribution in [1.82, 2.24) is 0 Å². The summed E-state index contributed by atoms with van der Waals surface area (Å²) < 4.78 is 0. The second-order valence-corrected chi connectivity index (χ2v) is 7.31. The SMILES string of the molecule is CCCC1=CCC(=O)[C@@H]1CCC=C=CC(O)(C(=O)O)C1CCCCC1. The summed E-state index contributed by atoms with van der Waals surface area (Å²) in [5.41, 5.74) is 2.30. The Hall–Kier alpha value is -1.64. The van der Waals surface area contributed by atoms with E-state index in [-0.39, 0.29) is 17.6 Å². The Morgan fingerprint density at radius 3 is 2.72 bits per heavy atom. The topological polar surface area (TPSA) is 74.6 Å². The van der Waals surface area contributed by atoms with Gasteiger partial charge in [0, 0.05) is 24.3 Å². The average molecular weight is 346 g/mol. The fraction of sp³-hybridized carbons (Fsp3) is 0.667. The molecule has 2 aliphatic rings. The number of rotatable bonds is 8. The summed E-state index contributed by atoms with van der Waals surface area (Å²) in [4.78, 5) is 23.5. The van der Waals surface area contributed by atoms with Crippen LogP contribution in [0.5, 0.6) is 0 Å². The van der Waals surface area contributed by atoms with Crippen LogP contribution in [-0.4, -0.2) is 27.6 Å². The molecule has 2 aliphatic carbocycles. The molecule has 0 aromatic heterocycles. The zero-order chi connectivity index (χ0) is 18.3. The van der Waals surface area contributed by atoms with Crippen molar-refractivity contribution in [2.45, 2.75) is 76.7 Å². The number of allylic oxidation sites excluding steroid dienone is 2. The number of Topliss-reactive ketones (excluding diaryl/α,β-unsaturated/α-hetero) is 1. The summed E-state index contributed by atoms with van der Waals surface area (Å²) in [5, 5.41) is 20.0. The summed E-state index contributed by atoms with van der Waals surface area (Å²) in [6, 6.07) is 0. The van der Waals surface area contributed by atoms with Gasteiger partial charge in [0.15, 0.2) is 5.60 Å². The Labute approximate surface area is 150 Å². The third kappa shape index (κ3) is 4.93. The molecule has 1 saturated carbocycles. The number of carboxylic acids is 1. The third-order valence-corrected chi connectivity index (χ3v) is 5.53. The Bertz CT molecular complexity index is 577. The molecule has 0 heterocycles. The number of carboxylic acid groups (broad SMARTS) is 1. The molecule has 25 heavy (non-hydrogen) atoms. The van der Waals surface area contributed by atoms with Crippen molar-refractivity contribution in [2.75, 3.05) is 0 Å². The molecule has 0 amide bonds. The van der Waals surface area contributed by atoms with Crippen molar-refractivity contribution in [3.8, 4) is 0 Å². The van der Waals surface area contributed by atoms with Gasteiger partial charge in [-0.1, -0.05) is 44.3 Å². The Morgan fingerprint density at radius 1 is 1.36 bits per heavy atom. The van der Waals surface area contributed by atoms with Crippen LogP contribution in [0.3, 0.4) is 0 Å². The third-order valence-electron chi connectivity index (χ3n) is 5.53. The monoisotopic (exact) mass is 346 g/mol. The number of aliphatic hydroxyl groups is 1. The van der Waals surface area contributed by atoms with Crippen LogP contribution in [-0.2, 0) is 9.59 Å². The maximum atomic E-state index is 12.0. The number of ketones is 1. The normalized spacial score (nSPS) is 23.5. The minimum atomic E-state index is -1.83. The molecule has 2 atom stereocenters. The van der Waals surface area contributed by atoms with E-state index in [0.717, 1.165) is 51.4 Å². The lowest BCUT2D eigenvalue weighted by Gasteiger charge is -2.32. The molecule has 4 heteroatoms. The first kappa shape index (κ1) is 19.7. The summed E-state index contributed by atoms with van der Waals surface area (Å²) in [5.74, 6) is -1.14. The van der Waals surface area contributed by atoms with Crippen molar-refractivity contribution in [3.05, 3.63) is 29.5 Å². The Balaban J connectivity index is 1.95. The van der Waals surface area contributed by atoms with Crippen LogP contribution in [0.25, 0.3) is 0 Å². The molecule has 1 unspecified atom stereocenters. The van der Waals surface area contributed by atoms with E-state index in [2.05, 4.69) is 18.7 Å². The molecule has 0 aromatic carbocycles. The van der Waals surface area contributed by atoms with Crippen LogP contribution in [0.1, 0.15) is 71.1 Å². The molecule has 0 spiro atoms. The molecule has 1 fully saturated rings. The van der Waals surface area contributed by atoms with E-state index in [0.29, 0.717) is 12.8 Å². The van der Waals surface area contributed by atoms with Gasteiger partial charge in [0.1, 0.15) is 5.78 Å². The molecule has 2 rings (SSSR count). The van der Waals surface area contributed by atoms with Gasteiger partial charge in [0.05, 0.1) is 0 Å². The first-order valence-corrected chi connectivity index (χ1v) is 9.58. The van der Waals surface area contributed by atoms with Gasteiger partial charge in [-0.05, 0) is 38.2 Å². The highest BCUT2D eigenvalue weighted by molar-refractivity contribution is 5.88. The molecule has 138 valence electrons. The van der Waals surface area contributed by atoms with Crippen molar-refractivity contribution in [2.24, 2.45) is 11.8 Å². The van der Waals surface area contributed by atoms with Gasteiger partial charge >= 0.3 is 5.97 Å². The molecule has 0 saturated heterocycles. The zero-order valence-corrected chi connectivity index (χ0v) is 15.2. The fourth-order valence-electron chi connectivity index (χ4n) is 4.05. The van der Waals surface area contributed by atoms with Gasteiger partial charge in [0.2, 0.25) is 0 Å². The molecule has 2 N–H and O–H groups in total. The summed E-state index contributed by atoms with van der Waals surface area (Å²) in [7, 11) is 0. The van der Waals surface area contributed by atoms with E-state index < -0.39 is 11.6 Å². The fourth-order valence-corrected chi connectivity index (χ4v) is 4.05. The maximum Gasteiger partial charge on any atom is 0.340 e. The number of hydrogen-bond acceptors (Lipinski definition) is 3. The molecule has 0 radical (unpaired) electrons. The molecular formula is C21H30O4. The minimum absolute atomic E-state index is 0.00898. The Kier molecular flexibility index (Phi) is 7.22. The number of aliphatic carboxylic acids is 1. The van der Waals surface area contributed by atoms with E-state index in [9.17, 15) is 19.8 Å². The highest BCUT2D eigenvalue weighted by Gasteiger charge is 2.42. The van der Waals surface area contributed by atoms with Gasteiger partial charge in [-0.3, -0.25) is 4.79 Å². The largest absolute Gasteiger partial charge is 0.479 e. The quantitative estimate of drug-likeness (QED) is 0.510. The van der Waals surface area contributed by atoms with Crippen molar-refractivity contribution >= 4 is 11.8 Å². The van der Waals surface area contributed by atoms with Crippen molar-refractivity contribution in [3.63, 3.8) is 0 Å². The van der Waals surface area contributed by atoms with Gasteiger partial charge < -0.3 is 10.2 Å². The number of hydrogen-bond donors (Lipinski definition) is 2. The second-order valence-electron chi connectivity index (χ2n) is 7.31. The second kappa shape index (κ2) is 9.17. The lowest BCUT2D eigenvalue weighted by atomic mass is 9.77. The molecule has 4 nitrogen and oxygen atoms in total. The maximum absolute atomic E-state index is 12.0. The van der Waals surface area contributed by atoms with Crippen LogP contribution in [0, 0.1) is 11.8 Å². The standard InChI is InChI=1S/C21H30O4/c1-2-9-16-13-14-19(22)18(16)12-7-4-8-15-21(25,20(23)24)17-10-5-3-6-11-17/h4,13,15,17-18,25H,2-3,5-7,9-12,14H2,1H3,(H,23,24)/t8?,18-,21?/m1/s1. The lowest BCUT2D eigenvalue weighted by molar-refractivity contribution is -0.159. The van der Waals surface area contributed by atoms with Crippen molar-refractivity contribution < 1.29 is 19.8 Å². The number of carbonyl (C=O) groups excluding carboxylic acids is 1. The van der Waals surface area contributed by atoms with Gasteiger partial charge in [0.25, 0.3) is 0 Å². The highest BCUT2D eigenvalue weighted by Crippen LogP contribution is 2.34. The number of carbonyl (C=O) groups is 2. The predicted molar refractivity (Wildman–Crippen MR) is 97.2 cm³/mol. The Morgan fingerprint density at radius 2 is 2.08 bits per heavy atom. The zero-order valence-electron chi connectivity index (χ0n) is 15.2. The van der Waals surface area contributed by atoms with E-state index in [4.69, 9.17) is 0 Å². The average Bonchev–Trinajstić information content (AvgIpc) is 2.95. The summed E-state index contributed by atoms with van der Waals surface area (Å²) in [6.07, 6.45) is 13.6. The van der Waals surface area contributed by atoms with Gasteiger partial charge in [-0.2, -0.15) is 0 Å². The predicted octanol–water partition coefficient (Wildman–Crippen LogP) is 4.19. The van der Waals surface area contributed by atoms with Crippen LogP contribution < -0.4 is 0 Å². The molecule has 0 aliphatic heterocycles. The summed E-state index contributed by atoms with van der Waals surface area (Å²) in [6.45, 7) is 2.11. The van der Waals surface area contributed by atoms with E-state index >= 15 is 0 Å². The summed E-state index contributed by atoms with van der Waals surface area (Å²) >= 11 is 0. The lowest BCUT2D eigenvalue weighted by Crippen LogP contribution is -2.44. The first-order valence-electron chi connectivity index (χ1n) is 9.58. The van der Waals surface area contributed by atoms with E-state index in [1.54, 1.807) is 6.08 Å². The van der Waals surface area contributed by atoms with E-state index in [1.807, 2.05) is 0 Å². The van der Waals surface area contributed by atoms with Crippen LogP contribution >= 0.6 is 0 Å². The first-order chi connectivity index (χ1) is 12.0. The van der Waals surface area contributed by atoms with Gasteiger partial charge in [-0.25, -0.2) is 4.79 Å². The van der Waals surface area contributed by atoms with Crippen LogP contribution in [0.2, 0.25) is 0 Å². The highest BCUT2D eigenvalue weighted by atomic mass is 16.4. The van der Waals surface area contributed by atoms with Crippen LogP contribution in [0.15, 0.2) is 29.5 Å². The van der Waals surface area contributed by atoms with Crippen molar-refractivity contribution in [1.29, 1.82) is 0 Å². The molecule has 0 bridgehead atoms. The molecular weight excluding hydrogens is 316 g/mol.